The van der Waals surface area contributed by atoms with Crippen LogP contribution in [0.5, 0.6) is 0 Å². The Balaban J connectivity index is 1.48. The zero-order valence-corrected chi connectivity index (χ0v) is 26.8. The van der Waals surface area contributed by atoms with E-state index in [0.717, 1.165) is 8.95 Å². The first-order valence-corrected chi connectivity index (χ1v) is 15.3. The molecule has 13 nitrogen and oxygen atoms in total. The zero-order chi connectivity index (χ0) is 32.1. The minimum Gasteiger partial charge on any atom is -0.459 e. The highest BCUT2D eigenvalue weighted by atomic mass is 79.9. The molecule has 15 heteroatoms. The van der Waals surface area contributed by atoms with Gasteiger partial charge >= 0.3 is 11.9 Å². The SMILES string of the molecule is CC(C)O[C@@H]1O[C@H](CO[C@@H]2O[C@H](COC(=O)c3ccc(Br)cc3)[C@@H](OC(=O)c3ccc(Br)cc3)[C@H](O)[C@H]2O)[C@@H](O)[C@H](O)[C@H]1O. The summed E-state index contributed by atoms with van der Waals surface area (Å²) in [5, 5.41) is 52.8. The molecule has 44 heavy (non-hydrogen) atoms. The molecule has 10 atom stereocenters. The highest BCUT2D eigenvalue weighted by molar-refractivity contribution is 9.10. The second-order valence-electron chi connectivity index (χ2n) is 10.5. The molecule has 2 fully saturated rings. The van der Waals surface area contributed by atoms with Crippen LogP contribution in [-0.4, -0.2) is 118 Å². The molecule has 2 aromatic rings. The third kappa shape index (κ3) is 8.61. The number of rotatable bonds is 10. The van der Waals surface area contributed by atoms with E-state index in [2.05, 4.69) is 31.9 Å². The van der Waals surface area contributed by atoms with Crippen LogP contribution in [0.1, 0.15) is 34.6 Å². The Labute approximate surface area is 269 Å². The van der Waals surface area contributed by atoms with E-state index >= 15 is 0 Å². The van der Waals surface area contributed by atoms with Crippen LogP contribution in [0.4, 0.5) is 0 Å². The Morgan fingerprint density at radius 1 is 0.705 bits per heavy atom. The van der Waals surface area contributed by atoms with E-state index in [-0.39, 0.29) is 17.2 Å². The molecule has 2 aromatic carbocycles. The molecule has 2 heterocycles. The molecule has 5 N–H and O–H groups in total. The lowest BCUT2D eigenvalue weighted by Gasteiger charge is -2.43. The lowest BCUT2D eigenvalue weighted by Crippen LogP contribution is -2.62. The maximum Gasteiger partial charge on any atom is 0.338 e. The second kappa shape index (κ2) is 15.5. The fraction of sp³-hybridized carbons (Fsp3) is 0.517. The average Bonchev–Trinajstić information content (AvgIpc) is 2.99. The van der Waals surface area contributed by atoms with E-state index < -0.39 is 86.6 Å². The summed E-state index contributed by atoms with van der Waals surface area (Å²) in [4.78, 5) is 25.6. The van der Waals surface area contributed by atoms with Gasteiger partial charge in [-0.3, -0.25) is 0 Å². The number of esters is 2. The molecular formula is C29H34Br2O13. The van der Waals surface area contributed by atoms with Crippen LogP contribution in [0.3, 0.4) is 0 Å². The third-order valence-electron chi connectivity index (χ3n) is 6.92. The minimum absolute atomic E-state index is 0.154. The average molecular weight is 750 g/mol. The van der Waals surface area contributed by atoms with Gasteiger partial charge in [-0.1, -0.05) is 31.9 Å². The molecule has 0 radical (unpaired) electrons. The summed E-state index contributed by atoms with van der Waals surface area (Å²) in [6.45, 7) is 2.40. The molecule has 2 aliphatic heterocycles. The van der Waals surface area contributed by atoms with Crippen molar-refractivity contribution >= 4 is 43.8 Å². The molecule has 0 spiro atoms. The van der Waals surface area contributed by atoms with Crippen LogP contribution in [-0.2, 0) is 28.4 Å². The van der Waals surface area contributed by atoms with Gasteiger partial charge < -0.3 is 54.0 Å². The largest absolute Gasteiger partial charge is 0.459 e. The summed E-state index contributed by atoms with van der Waals surface area (Å²) in [6, 6.07) is 12.6. The Bertz CT molecular complexity index is 1240. The number of ether oxygens (including phenoxy) is 6. The number of hydrogen-bond acceptors (Lipinski definition) is 13. The van der Waals surface area contributed by atoms with Crippen molar-refractivity contribution in [2.45, 2.75) is 81.4 Å². The van der Waals surface area contributed by atoms with Crippen molar-refractivity contribution < 1.29 is 63.5 Å². The summed E-state index contributed by atoms with van der Waals surface area (Å²) in [7, 11) is 0. The van der Waals surface area contributed by atoms with Crippen molar-refractivity contribution in [3.05, 3.63) is 68.6 Å². The minimum atomic E-state index is -1.77. The Morgan fingerprint density at radius 3 is 1.80 bits per heavy atom. The number of halogens is 2. The van der Waals surface area contributed by atoms with Gasteiger partial charge in [-0.25, -0.2) is 9.59 Å². The molecule has 0 saturated carbocycles. The van der Waals surface area contributed by atoms with E-state index in [1.807, 2.05) is 0 Å². The van der Waals surface area contributed by atoms with E-state index in [4.69, 9.17) is 28.4 Å². The molecule has 0 amide bonds. The van der Waals surface area contributed by atoms with Gasteiger partial charge in [-0.15, -0.1) is 0 Å². The van der Waals surface area contributed by atoms with Gasteiger partial charge in [0.05, 0.1) is 23.8 Å². The Hall–Kier alpha value is -2.02. The fourth-order valence-electron chi connectivity index (χ4n) is 4.55. The number of aliphatic hydroxyl groups excluding tert-OH is 5. The van der Waals surface area contributed by atoms with Crippen LogP contribution in [0.2, 0.25) is 0 Å². The first-order chi connectivity index (χ1) is 20.8. The Kier molecular flexibility index (Phi) is 12.3. The zero-order valence-electron chi connectivity index (χ0n) is 23.6. The number of aliphatic hydroxyl groups is 5. The van der Waals surface area contributed by atoms with Gasteiger partial charge in [0, 0.05) is 8.95 Å². The molecule has 0 bridgehead atoms. The monoisotopic (exact) mass is 748 g/mol. The van der Waals surface area contributed by atoms with E-state index in [9.17, 15) is 35.1 Å². The molecule has 0 unspecified atom stereocenters. The van der Waals surface area contributed by atoms with Crippen molar-refractivity contribution in [1.82, 2.24) is 0 Å². The predicted molar refractivity (Wildman–Crippen MR) is 157 cm³/mol. The standard InChI is InChI=1S/C29H34Br2O13/c1-13(2)41-29-23(35)21(33)20(32)18(42-29)11-40-28-24(36)22(34)25(44-27(38)15-5-9-17(31)10-6-15)19(43-28)12-39-26(37)14-3-7-16(30)8-4-14/h3-10,13,18-25,28-29,32-36H,11-12H2,1-2H3/t18-,19-,20-,21+,22-,23-,24-,25-,28-,29-/m1/s1. The van der Waals surface area contributed by atoms with Crippen LogP contribution < -0.4 is 0 Å². The normalized spacial score (nSPS) is 32.3. The van der Waals surface area contributed by atoms with Crippen LogP contribution in [0.15, 0.2) is 57.5 Å². The number of carbonyl (C=O) groups is 2. The maximum atomic E-state index is 12.9. The van der Waals surface area contributed by atoms with Gasteiger partial charge in [-0.05, 0) is 62.4 Å². The molecular weight excluding hydrogens is 716 g/mol. The quantitative estimate of drug-likeness (QED) is 0.219. The molecule has 2 aliphatic rings. The topological polar surface area (TPSA) is 191 Å². The smallest absolute Gasteiger partial charge is 0.338 e. The summed E-state index contributed by atoms with van der Waals surface area (Å²) in [5.41, 5.74) is 0.379. The molecule has 0 aromatic heterocycles. The molecule has 0 aliphatic carbocycles. The highest BCUT2D eigenvalue weighted by Gasteiger charge is 2.50. The van der Waals surface area contributed by atoms with Crippen molar-refractivity contribution in [2.75, 3.05) is 13.2 Å². The van der Waals surface area contributed by atoms with Crippen molar-refractivity contribution in [2.24, 2.45) is 0 Å². The number of hydrogen-bond donors (Lipinski definition) is 5. The summed E-state index contributed by atoms with van der Waals surface area (Å²) < 4.78 is 34.9. The second-order valence-corrected chi connectivity index (χ2v) is 12.4. The van der Waals surface area contributed by atoms with E-state index in [1.54, 1.807) is 38.1 Å². The van der Waals surface area contributed by atoms with Gasteiger partial charge in [0.25, 0.3) is 0 Å². The van der Waals surface area contributed by atoms with Crippen molar-refractivity contribution in [3.63, 3.8) is 0 Å². The van der Waals surface area contributed by atoms with Gasteiger partial charge in [0.1, 0.15) is 49.3 Å². The Morgan fingerprint density at radius 2 is 1.23 bits per heavy atom. The first kappa shape index (κ1) is 34.8. The third-order valence-corrected chi connectivity index (χ3v) is 7.98. The maximum absolute atomic E-state index is 12.9. The van der Waals surface area contributed by atoms with Crippen LogP contribution >= 0.6 is 31.9 Å². The lowest BCUT2D eigenvalue weighted by molar-refractivity contribution is -0.334. The molecule has 2 saturated heterocycles. The van der Waals surface area contributed by atoms with Crippen LogP contribution in [0, 0.1) is 0 Å². The van der Waals surface area contributed by atoms with Gasteiger partial charge in [0.15, 0.2) is 18.7 Å². The van der Waals surface area contributed by atoms with Crippen LogP contribution in [0.25, 0.3) is 0 Å². The van der Waals surface area contributed by atoms with Crippen molar-refractivity contribution in [3.8, 4) is 0 Å². The molecule has 242 valence electrons. The van der Waals surface area contributed by atoms with E-state index in [1.165, 1.54) is 24.3 Å². The number of benzene rings is 2. The molecule has 4 rings (SSSR count). The fourth-order valence-corrected chi connectivity index (χ4v) is 5.08. The highest BCUT2D eigenvalue weighted by Crippen LogP contribution is 2.29. The first-order valence-electron chi connectivity index (χ1n) is 13.7. The summed E-state index contributed by atoms with van der Waals surface area (Å²) >= 11 is 6.57. The summed E-state index contributed by atoms with van der Waals surface area (Å²) in [5.74, 6) is -1.55. The van der Waals surface area contributed by atoms with Gasteiger partial charge in [-0.2, -0.15) is 0 Å². The lowest BCUT2D eigenvalue weighted by atomic mass is 9.98. The summed E-state index contributed by atoms with van der Waals surface area (Å²) in [6.07, 6.45) is -15.5. The van der Waals surface area contributed by atoms with Crippen molar-refractivity contribution in [1.29, 1.82) is 0 Å². The predicted octanol–water partition coefficient (Wildman–Crippen LogP) is 1.29. The number of carbonyl (C=O) groups excluding carboxylic acids is 2. The van der Waals surface area contributed by atoms with E-state index in [0.29, 0.717) is 0 Å². The van der Waals surface area contributed by atoms with Gasteiger partial charge in [0.2, 0.25) is 0 Å².